The van der Waals surface area contributed by atoms with Crippen molar-refractivity contribution in [3.05, 3.63) is 33.9 Å². The lowest BCUT2D eigenvalue weighted by Gasteiger charge is -2.23. The topological polar surface area (TPSA) is 107 Å². The summed E-state index contributed by atoms with van der Waals surface area (Å²) in [6.07, 6.45) is 1.73. The molecule has 102 valence electrons. The Bertz CT molecular complexity index is 498. The molecule has 3 N–H and O–H groups in total. The zero-order valence-electron chi connectivity index (χ0n) is 10.3. The molecule has 1 atom stereocenters. The Hall–Kier alpha value is -2.15. The van der Waals surface area contributed by atoms with E-state index in [1.54, 1.807) is 0 Å². The number of nitro groups is 1. The first-order valence-corrected chi connectivity index (χ1v) is 6.03. The number of nitrogens with one attached hydrogen (secondary N) is 1. The van der Waals surface area contributed by atoms with E-state index in [1.807, 2.05) is 0 Å². The highest BCUT2D eigenvalue weighted by atomic mass is 16.6. The van der Waals surface area contributed by atoms with Gasteiger partial charge in [-0.1, -0.05) is 0 Å². The first-order valence-electron chi connectivity index (χ1n) is 6.03. The Labute approximate surface area is 109 Å². The lowest BCUT2D eigenvalue weighted by Crippen LogP contribution is -2.37. The minimum Gasteiger partial charge on any atom is -0.482 e. The summed E-state index contributed by atoms with van der Waals surface area (Å²) in [4.78, 5) is 21.5. The van der Waals surface area contributed by atoms with Gasteiger partial charge in [0.15, 0.2) is 5.75 Å². The molecule has 19 heavy (non-hydrogen) atoms. The number of carbonyl (C=O) groups excluding carboxylic acids is 1. The summed E-state index contributed by atoms with van der Waals surface area (Å²) in [7, 11) is 0. The van der Waals surface area contributed by atoms with Gasteiger partial charge in [0.25, 0.3) is 0 Å². The number of nitro benzene ring substituents is 1. The van der Waals surface area contributed by atoms with Crippen molar-refractivity contribution in [1.82, 2.24) is 5.32 Å². The maximum atomic E-state index is 11.0. The van der Waals surface area contributed by atoms with Crippen molar-refractivity contribution in [2.24, 2.45) is 5.73 Å². The molecule has 1 aliphatic heterocycles. The second-order valence-corrected chi connectivity index (χ2v) is 4.39. The third-order valence-electron chi connectivity index (χ3n) is 2.99. The summed E-state index contributed by atoms with van der Waals surface area (Å²) in [6, 6.07) is 4.00. The van der Waals surface area contributed by atoms with Crippen LogP contribution in [-0.4, -0.2) is 30.0 Å². The maximum absolute atomic E-state index is 11.0. The second kappa shape index (κ2) is 5.66. The number of benzene rings is 1. The summed E-state index contributed by atoms with van der Waals surface area (Å²) in [6.45, 7) is 1.59. The quantitative estimate of drug-likeness (QED) is 0.619. The fraction of sp³-hybridized carbons (Fsp3) is 0.417. The highest BCUT2D eigenvalue weighted by Crippen LogP contribution is 2.29. The van der Waals surface area contributed by atoms with Crippen molar-refractivity contribution in [1.29, 1.82) is 0 Å². The van der Waals surface area contributed by atoms with Gasteiger partial charge in [-0.3, -0.25) is 14.9 Å². The first-order chi connectivity index (χ1) is 9.08. The number of carbonyl (C=O) groups is 1. The van der Waals surface area contributed by atoms with E-state index < -0.39 is 10.8 Å². The van der Waals surface area contributed by atoms with Crippen LogP contribution >= 0.6 is 0 Å². The zero-order valence-corrected chi connectivity index (χ0v) is 10.3. The van der Waals surface area contributed by atoms with Crippen molar-refractivity contribution in [2.75, 3.05) is 13.1 Å². The van der Waals surface area contributed by atoms with Crippen LogP contribution < -0.4 is 15.8 Å². The number of piperidine rings is 1. The number of ether oxygens (including phenoxy) is 1. The average Bonchev–Trinajstić information content (AvgIpc) is 2.39. The number of primary amides is 1. The standard InChI is InChI=1S/C12H15N3O4/c13-12(16)8-3-4-11(10(6-8)15(17)18)19-9-2-1-5-14-7-9/h3-4,6,9,14H,1-2,5,7H2,(H2,13,16). The molecule has 1 aromatic carbocycles. The predicted molar refractivity (Wildman–Crippen MR) is 68.1 cm³/mol. The molecule has 1 aromatic rings. The Morgan fingerprint density at radius 1 is 1.53 bits per heavy atom. The van der Waals surface area contributed by atoms with Crippen molar-refractivity contribution in [3.63, 3.8) is 0 Å². The summed E-state index contributed by atoms with van der Waals surface area (Å²) >= 11 is 0. The monoisotopic (exact) mass is 265 g/mol. The summed E-state index contributed by atoms with van der Waals surface area (Å²) < 4.78 is 5.63. The molecule has 1 aliphatic rings. The number of hydrogen-bond acceptors (Lipinski definition) is 5. The van der Waals surface area contributed by atoms with Gasteiger partial charge in [0.1, 0.15) is 6.10 Å². The molecule has 0 saturated carbocycles. The van der Waals surface area contributed by atoms with Crippen molar-refractivity contribution >= 4 is 11.6 Å². The van der Waals surface area contributed by atoms with Gasteiger partial charge in [-0.25, -0.2) is 0 Å². The molecule has 0 radical (unpaired) electrons. The number of nitrogens with two attached hydrogens (primary N) is 1. The van der Waals surface area contributed by atoms with E-state index in [4.69, 9.17) is 10.5 Å². The van der Waals surface area contributed by atoms with Crippen LogP contribution in [0.2, 0.25) is 0 Å². The van der Waals surface area contributed by atoms with E-state index >= 15 is 0 Å². The molecule has 0 aliphatic carbocycles. The summed E-state index contributed by atoms with van der Waals surface area (Å²) in [5.74, 6) is -0.530. The molecular formula is C12H15N3O4. The molecule has 7 nitrogen and oxygen atoms in total. The molecule has 7 heteroatoms. The van der Waals surface area contributed by atoms with Crippen molar-refractivity contribution < 1.29 is 14.5 Å². The zero-order chi connectivity index (χ0) is 13.8. The van der Waals surface area contributed by atoms with Gasteiger partial charge in [-0.2, -0.15) is 0 Å². The molecule has 1 amide bonds. The van der Waals surface area contributed by atoms with Crippen LogP contribution in [0.1, 0.15) is 23.2 Å². The average molecular weight is 265 g/mol. The highest BCUT2D eigenvalue weighted by Gasteiger charge is 2.22. The lowest BCUT2D eigenvalue weighted by molar-refractivity contribution is -0.386. The largest absolute Gasteiger partial charge is 0.482 e. The summed E-state index contributed by atoms with van der Waals surface area (Å²) in [5, 5.41) is 14.2. The van der Waals surface area contributed by atoms with Gasteiger partial charge in [0.2, 0.25) is 5.91 Å². The molecule has 2 rings (SSSR count). The minimum atomic E-state index is -0.700. The van der Waals surface area contributed by atoms with Crippen molar-refractivity contribution in [2.45, 2.75) is 18.9 Å². The Morgan fingerprint density at radius 2 is 2.32 bits per heavy atom. The third-order valence-corrected chi connectivity index (χ3v) is 2.99. The van der Waals surface area contributed by atoms with Crippen LogP contribution in [0.3, 0.4) is 0 Å². The molecule has 1 heterocycles. The van der Waals surface area contributed by atoms with E-state index in [2.05, 4.69) is 5.32 Å². The van der Waals surface area contributed by atoms with Gasteiger partial charge in [0.05, 0.1) is 4.92 Å². The van der Waals surface area contributed by atoms with Gasteiger partial charge >= 0.3 is 5.69 Å². The molecule has 1 fully saturated rings. The predicted octanol–water partition coefficient (Wildman–Crippen LogP) is 0.824. The molecular weight excluding hydrogens is 250 g/mol. The summed E-state index contributed by atoms with van der Waals surface area (Å²) in [5.41, 5.74) is 4.97. The van der Waals surface area contributed by atoms with Crippen LogP contribution in [0.25, 0.3) is 0 Å². The molecule has 1 saturated heterocycles. The van der Waals surface area contributed by atoms with Crippen LogP contribution in [0.4, 0.5) is 5.69 Å². The lowest BCUT2D eigenvalue weighted by atomic mass is 10.1. The normalized spacial score (nSPS) is 18.8. The number of rotatable bonds is 4. The van der Waals surface area contributed by atoms with Crippen LogP contribution in [0.5, 0.6) is 5.75 Å². The van der Waals surface area contributed by atoms with E-state index in [1.165, 1.54) is 12.1 Å². The Kier molecular flexibility index (Phi) is 3.96. The fourth-order valence-electron chi connectivity index (χ4n) is 2.01. The Morgan fingerprint density at radius 3 is 2.89 bits per heavy atom. The van der Waals surface area contributed by atoms with E-state index in [9.17, 15) is 14.9 Å². The fourth-order valence-corrected chi connectivity index (χ4v) is 2.01. The highest BCUT2D eigenvalue weighted by molar-refractivity contribution is 5.93. The smallest absolute Gasteiger partial charge is 0.311 e. The molecule has 0 aromatic heterocycles. The van der Waals surface area contributed by atoms with Crippen LogP contribution in [0, 0.1) is 10.1 Å². The van der Waals surface area contributed by atoms with Crippen molar-refractivity contribution in [3.8, 4) is 5.75 Å². The van der Waals surface area contributed by atoms with E-state index in [0.717, 1.165) is 25.5 Å². The van der Waals surface area contributed by atoms with Gasteiger partial charge < -0.3 is 15.8 Å². The van der Waals surface area contributed by atoms with Crippen LogP contribution in [-0.2, 0) is 0 Å². The maximum Gasteiger partial charge on any atom is 0.311 e. The number of nitrogens with zero attached hydrogens (tertiary/aromatic N) is 1. The first kappa shape index (κ1) is 13.3. The van der Waals surface area contributed by atoms with Gasteiger partial charge in [0, 0.05) is 18.2 Å². The third kappa shape index (κ3) is 3.19. The van der Waals surface area contributed by atoms with Gasteiger partial charge in [-0.15, -0.1) is 0 Å². The van der Waals surface area contributed by atoms with Crippen LogP contribution in [0.15, 0.2) is 18.2 Å². The van der Waals surface area contributed by atoms with Gasteiger partial charge in [-0.05, 0) is 31.5 Å². The Balaban J connectivity index is 2.23. The SMILES string of the molecule is NC(=O)c1ccc(OC2CCCNC2)c([N+](=O)[O-])c1. The van der Waals surface area contributed by atoms with E-state index in [0.29, 0.717) is 6.54 Å². The molecule has 0 bridgehead atoms. The second-order valence-electron chi connectivity index (χ2n) is 4.39. The molecule has 1 unspecified atom stereocenters. The number of amides is 1. The van der Waals surface area contributed by atoms with E-state index in [-0.39, 0.29) is 23.1 Å². The molecule has 0 spiro atoms. The number of hydrogen-bond donors (Lipinski definition) is 2. The minimum absolute atomic E-state index is 0.0909.